The Bertz CT molecular complexity index is 556. The predicted molar refractivity (Wildman–Crippen MR) is 71.9 cm³/mol. The molecule has 0 aliphatic heterocycles. The molecule has 0 atom stereocenters. The van der Waals surface area contributed by atoms with Gasteiger partial charge in [-0.25, -0.2) is 0 Å². The first-order valence-electron chi connectivity index (χ1n) is 6.05. The molecule has 1 aromatic carbocycles. The first-order chi connectivity index (χ1) is 9.31. The van der Waals surface area contributed by atoms with Crippen molar-refractivity contribution in [3.63, 3.8) is 0 Å². The highest BCUT2D eigenvalue weighted by Gasteiger charge is 2.14. The van der Waals surface area contributed by atoms with Crippen LogP contribution in [0.15, 0.2) is 53.1 Å². The van der Waals surface area contributed by atoms with Crippen LogP contribution in [-0.2, 0) is 0 Å². The van der Waals surface area contributed by atoms with Gasteiger partial charge in [0.05, 0.1) is 25.3 Å². The molecule has 0 radical (unpaired) electrons. The minimum Gasteiger partial charge on any atom is -0.461 e. The van der Waals surface area contributed by atoms with Gasteiger partial charge in [-0.1, -0.05) is 18.2 Å². The summed E-state index contributed by atoms with van der Waals surface area (Å²) in [7, 11) is 0. The van der Waals surface area contributed by atoms with E-state index in [4.69, 9.17) is 9.68 Å². The Hall–Kier alpha value is -2.54. The molecule has 0 aliphatic carbocycles. The number of hydrogen-bond donors (Lipinski definition) is 0. The number of carbonyl (C=O) groups is 1. The largest absolute Gasteiger partial charge is 0.461 e. The van der Waals surface area contributed by atoms with Gasteiger partial charge in [-0.3, -0.25) is 4.79 Å². The van der Waals surface area contributed by atoms with E-state index in [-0.39, 0.29) is 12.3 Å². The summed E-state index contributed by atoms with van der Waals surface area (Å²) >= 11 is 0. The van der Waals surface area contributed by atoms with E-state index >= 15 is 0 Å². The molecule has 2 aromatic rings. The lowest BCUT2D eigenvalue weighted by molar-refractivity contribution is 0.0973. The number of hydrogen-bond acceptors (Lipinski definition) is 4. The lowest BCUT2D eigenvalue weighted by Gasteiger charge is -2.22. The Labute approximate surface area is 111 Å². The standard InChI is InChI=1S/C15H14N2O2/c16-9-5-10-17(13-6-2-1-3-7-13)12-14(18)15-8-4-11-19-15/h1-4,6-8,11H,5,10,12H2. The first kappa shape index (κ1) is 12.9. The summed E-state index contributed by atoms with van der Waals surface area (Å²) < 4.78 is 5.10. The van der Waals surface area contributed by atoms with Crippen LogP contribution >= 0.6 is 0 Å². The zero-order valence-corrected chi connectivity index (χ0v) is 10.5. The number of nitriles is 1. The lowest BCUT2D eigenvalue weighted by Crippen LogP contribution is -2.30. The average Bonchev–Trinajstić information content (AvgIpc) is 2.98. The number of para-hydroxylation sites is 1. The van der Waals surface area contributed by atoms with Crippen LogP contribution in [0.1, 0.15) is 17.0 Å². The van der Waals surface area contributed by atoms with E-state index in [1.165, 1.54) is 6.26 Å². The van der Waals surface area contributed by atoms with Gasteiger partial charge in [0.1, 0.15) is 0 Å². The molecule has 0 aliphatic rings. The topological polar surface area (TPSA) is 57.2 Å². The summed E-state index contributed by atoms with van der Waals surface area (Å²) in [5.74, 6) is 0.254. The Morgan fingerprint density at radius 2 is 2.00 bits per heavy atom. The zero-order valence-electron chi connectivity index (χ0n) is 10.5. The van der Waals surface area contributed by atoms with Crippen molar-refractivity contribution in [3.8, 4) is 6.07 Å². The van der Waals surface area contributed by atoms with E-state index < -0.39 is 0 Å². The normalized spacial score (nSPS) is 9.84. The lowest BCUT2D eigenvalue weighted by atomic mass is 10.2. The molecular weight excluding hydrogens is 240 g/mol. The van der Waals surface area contributed by atoms with E-state index in [0.717, 1.165) is 5.69 Å². The molecule has 0 saturated carbocycles. The summed E-state index contributed by atoms with van der Waals surface area (Å²) in [5, 5.41) is 8.70. The van der Waals surface area contributed by atoms with Crippen LogP contribution in [0.5, 0.6) is 0 Å². The Balaban J connectivity index is 2.11. The highest BCUT2D eigenvalue weighted by atomic mass is 16.3. The van der Waals surface area contributed by atoms with E-state index in [1.807, 2.05) is 35.2 Å². The van der Waals surface area contributed by atoms with E-state index in [2.05, 4.69) is 6.07 Å². The second kappa shape index (κ2) is 6.41. The molecular formula is C15H14N2O2. The number of rotatable bonds is 6. The third kappa shape index (κ3) is 3.46. The van der Waals surface area contributed by atoms with Crippen molar-refractivity contribution in [2.75, 3.05) is 18.0 Å². The molecule has 0 unspecified atom stereocenters. The van der Waals surface area contributed by atoms with Gasteiger partial charge in [0, 0.05) is 12.2 Å². The molecule has 19 heavy (non-hydrogen) atoms. The van der Waals surface area contributed by atoms with Gasteiger partial charge in [0.15, 0.2) is 5.76 Å². The molecule has 1 aromatic heterocycles. The number of Topliss-reactive ketones (excluding diaryl/α,β-unsaturated/α-hetero) is 1. The summed E-state index contributed by atoms with van der Waals surface area (Å²) in [6, 6.07) is 15.0. The predicted octanol–water partition coefficient (Wildman–Crippen LogP) is 2.88. The number of benzene rings is 1. The fraction of sp³-hybridized carbons (Fsp3) is 0.200. The van der Waals surface area contributed by atoms with Crippen LogP contribution in [0.3, 0.4) is 0 Å². The molecule has 2 rings (SSSR count). The van der Waals surface area contributed by atoms with Crippen LogP contribution in [0.4, 0.5) is 5.69 Å². The maximum Gasteiger partial charge on any atom is 0.217 e. The van der Waals surface area contributed by atoms with Gasteiger partial charge in [-0.05, 0) is 24.3 Å². The SMILES string of the molecule is N#CCCN(CC(=O)c1ccco1)c1ccccc1. The molecule has 1 heterocycles. The van der Waals surface area contributed by atoms with Crippen molar-refractivity contribution in [2.24, 2.45) is 0 Å². The molecule has 96 valence electrons. The zero-order chi connectivity index (χ0) is 13.5. The van der Waals surface area contributed by atoms with Crippen LogP contribution in [0.2, 0.25) is 0 Å². The first-order valence-corrected chi connectivity index (χ1v) is 6.05. The Morgan fingerprint density at radius 1 is 1.21 bits per heavy atom. The number of nitrogens with zero attached hydrogens (tertiary/aromatic N) is 2. The van der Waals surface area contributed by atoms with Gasteiger partial charge < -0.3 is 9.32 Å². The summed E-state index contributed by atoms with van der Waals surface area (Å²) in [5.41, 5.74) is 0.928. The average molecular weight is 254 g/mol. The highest BCUT2D eigenvalue weighted by molar-refractivity contribution is 5.96. The molecule has 0 spiro atoms. The number of furan rings is 1. The molecule has 0 fully saturated rings. The number of anilines is 1. The maximum absolute atomic E-state index is 12.0. The number of ketones is 1. The van der Waals surface area contributed by atoms with Gasteiger partial charge >= 0.3 is 0 Å². The van der Waals surface area contributed by atoms with Gasteiger partial charge in [-0.15, -0.1) is 0 Å². The fourth-order valence-electron chi connectivity index (χ4n) is 1.81. The van der Waals surface area contributed by atoms with Crippen molar-refractivity contribution in [1.82, 2.24) is 0 Å². The van der Waals surface area contributed by atoms with Crippen LogP contribution < -0.4 is 4.90 Å². The van der Waals surface area contributed by atoms with Gasteiger partial charge in [0.25, 0.3) is 0 Å². The Kier molecular flexibility index (Phi) is 4.35. The van der Waals surface area contributed by atoms with Crippen LogP contribution in [0.25, 0.3) is 0 Å². The third-order valence-electron chi connectivity index (χ3n) is 2.75. The van der Waals surface area contributed by atoms with Gasteiger partial charge in [-0.2, -0.15) is 5.26 Å². The highest BCUT2D eigenvalue weighted by Crippen LogP contribution is 2.14. The van der Waals surface area contributed by atoms with Crippen molar-refractivity contribution in [1.29, 1.82) is 5.26 Å². The second-order valence-electron chi connectivity index (χ2n) is 4.07. The maximum atomic E-state index is 12.0. The van der Waals surface area contributed by atoms with Crippen molar-refractivity contribution in [3.05, 3.63) is 54.5 Å². The minimum atomic E-state index is -0.0909. The monoisotopic (exact) mass is 254 g/mol. The summed E-state index contributed by atoms with van der Waals surface area (Å²) in [6.07, 6.45) is 1.86. The quantitative estimate of drug-likeness (QED) is 0.744. The molecule has 4 heteroatoms. The van der Waals surface area contributed by atoms with Crippen molar-refractivity contribution < 1.29 is 9.21 Å². The summed E-state index contributed by atoms with van der Waals surface area (Å²) in [6.45, 7) is 0.728. The smallest absolute Gasteiger partial charge is 0.217 e. The third-order valence-corrected chi connectivity index (χ3v) is 2.75. The second-order valence-corrected chi connectivity index (χ2v) is 4.07. The van der Waals surface area contributed by atoms with E-state index in [9.17, 15) is 4.79 Å². The van der Waals surface area contributed by atoms with E-state index in [1.54, 1.807) is 12.1 Å². The molecule has 4 nitrogen and oxygen atoms in total. The van der Waals surface area contributed by atoms with Crippen LogP contribution in [-0.4, -0.2) is 18.9 Å². The molecule has 0 saturated heterocycles. The fourth-order valence-corrected chi connectivity index (χ4v) is 1.81. The van der Waals surface area contributed by atoms with E-state index in [0.29, 0.717) is 18.7 Å². The Morgan fingerprint density at radius 3 is 2.63 bits per heavy atom. The molecule has 0 bridgehead atoms. The summed E-state index contributed by atoms with van der Waals surface area (Å²) in [4.78, 5) is 13.9. The minimum absolute atomic E-state index is 0.0909. The van der Waals surface area contributed by atoms with Crippen LogP contribution in [0, 0.1) is 11.3 Å². The van der Waals surface area contributed by atoms with Crippen molar-refractivity contribution >= 4 is 11.5 Å². The number of carbonyl (C=O) groups excluding carboxylic acids is 1. The van der Waals surface area contributed by atoms with Crippen molar-refractivity contribution in [2.45, 2.75) is 6.42 Å². The van der Waals surface area contributed by atoms with Gasteiger partial charge in [0.2, 0.25) is 5.78 Å². The molecule has 0 N–H and O–H groups in total. The molecule has 0 amide bonds.